The fourth-order valence-electron chi connectivity index (χ4n) is 2.19. The summed E-state index contributed by atoms with van der Waals surface area (Å²) in [6, 6.07) is 0. The number of anilines is 2. The Balaban J connectivity index is 2.14. The predicted molar refractivity (Wildman–Crippen MR) is 80.1 cm³/mol. The number of methoxy groups -OCH3 is 1. The molecule has 0 saturated heterocycles. The molecule has 0 amide bonds. The van der Waals surface area contributed by atoms with E-state index < -0.39 is 0 Å². The molecule has 0 radical (unpaired) electrons. The van der Waals surface area contributed by atoms with Gasteiger partial charge in [0.2, 0.25) is 0 Å². The van der Waals surface area contributed by atoms with Gasteiger partial charge in [0.25, 0.3) is 0 Å². The Morgan fingerprint density at radius 3 is 2.79 bits per heavy atom. The van der Waals surface area contributed by atoms with Crippen molar-refractivity contribution < 1.29 is 9.53 Å². The maximum Gasteiger partial charge on any atom is 0.350 e. The minimum Gasteiger partial charge on any atom is -0.465 e. The van der Waals surface area contributed by atoms with Crippen molar-refractivity contribution >= 4 is 28.0 Å². The maximum absolute atomic E-state index is 11.7. The van der Waals surface area contributed by atoms with Gasteiger partial charge in [-0.05, 0) is 25.2 Å². The lowest BCUT2D eigenvalue weighted by Crippen LogP contribution is -2.03. The summed E-state index contributed by atoms with van der Waals surface area (Å²) >= 11 is 1.43. The van der Waals surface area contributed by atoms with E-state index in [1.54, 1.807) is 0 Å². The van der Waals surface area contributed by atoms with Gasteiger partial charge in [-0.25, -0.2) is 4.79 Å². The van der Waals surface area contributed by atoms with Crippen molar-refractivity contribution in [3.05, 3.63) is 10.4 Å². The van der Waals surface area contributed by atoms with Crippen LogP contribution in [-0.2, 0) is 4.74 Å². The Hall–Kier alpha value is -1.23. The van der Waals surface area contributed by atoms with Crippen LogP contribution in [0.1, 0.15) is 60.2 Å². The lowest BCUT2D eigenvalue weighted by molar-refractivity contribution is 0.0607. The monoisotopic (exact) mass is 282 g/mol. The molecule has 1 aromatic heterocycles. The smallest absolute Gasteiger partial charge is 0.350 e. The van der Waals surface area contributed by atoms with E-state index >= 15 is 0 Å². The van der Waals surface area contributed by atoms with Crippen LogP contribution in [0.25, 0.3) is 0 Å². The molecule has 19 heavy (non-hydrogen) atoms. The third-order valence-corrected chi connectivity index (χ3v) is 4.56. The summed E-state index contributed by atoms with van der Waals surface area (Å²) in [4.78, 5) is 12.2. The SMILES string of the molecule is CCCCCNc1sc(C(=O)OC)c(N)c1C1CC1. The number of nitrogens with two attached hydrogens (primary N) is 1. The van der Waals surface area contributed by atoms with Crippen LogP contribution in [0.5, 0.6) is 0 Å². The Morgan fingerprint density at radius 2 is 2.21 bits per heavy atom. The van der Waals surface area contributed by atoms with E-state index in [1.807, 2.05) is 0 Å². The molecular weight excluding hydrogens is 260 g/mol. The molecule has 2 rings (SSSR count). The van der Waals surface area contributed by atoms with Crippen molar-refractivity contribution in [2.75, 3.05) is 24.7 Å². The summed E-state index contributed by atoms with van der Waals surface area (Å²) in [5, 5.41) is 4.51. The number of hydrogen-bond donors (Lipinski definition) is 2. The lowest BCUT2D eigenvalue weighted by Gasteiger charge is -2.06. The first-order valence-electron chi connectivity index (χ1n) is 6.93. The fraction of sp³-hybridized carbons (Fsp3) is 0.643. The Morgan fingerprint density at radius 1 is 1.47 bits per heavy atom. The van der Waals surface area contributed by atoms with Crippen molar-refractivity contribution in [1.29, 1.82) is 0 Å². The molecule has 1 aliphatic rings. The first kappa shape index (κ1) is 14.2. The standard InChI is InChI=1S/C14H22N2O2S/c1-3-4-5-8-16-13-10(9-6-7-9)11(15)12(19-13)14(17)18-2/h9,16H,3-8,15H2,1-2H3. The van der Waals surface area contributed by atoms with Gasteiger partial charge in [0.1, 0.15) is 4.88 Å². The van der Waals surface area contributed by atoms with Crippen LogP contribution in [0.4, 0.5) is 10.7 Å². The van der Waals surface area contributed by atoms with E-state index in [2.05, 4.69) is 12.2 Å². The quantitative estimate of drug-likeness (QED) is 0.592. The highest BCUT2D eigenvalue weighted by Gasteiger charge is 2.33. The van der Waals surface area contributed by atoms with E-state index in [4.69, 9.17) is 10.5 Å². The van der Waals surface area contributed by atoms with Gasteiger partial charge in [-0.3, -0.25) is 0 Å². The first-order valence-corrected chi connectivity index (χ1v) is 7.75. The van der Waals surface area contributed by atoms with E-state index in [0.717, 1.165) is 23.5 Å². The molecule has 0 spiro atoms. The van der Waals surface area contributed by atoms with Gasteiger partial charge in [-0.2, -0.15) is 0 Å². The number of nitrogen functional groups attached to an aromatic ring is 1. The third-order valence-electron chi connectivity index (χ3n) is 3.41. The van der Waals surface area contributed by atoms with Crippen LogP contribution in [0.2, 0.25) is 0 Å². The average molecular weight is 282 g/mol. The average Bonchev–Trinajstić information content (AvgIpc) is 3.19. The molecule has 0 bridgehead atoms. The number of ether oxygens (including phenoxy) is 1. The minimum atomic E-state index is -0.328. The summed E-state index contributed by atoms with van der Waals surface area (Å²) in [5.74, 6) is 0.203. The van der Waals surface area contributed by atoms with Crippen LogP contribution in [0, 0.1) is 0 Å². The van der Waals surface area contributed by atoms with Crippen LogP contribution in [0.3, 0.4) is 0 Å². The molecule has 1 aromatic rings. The van der Waals surface area contributed by atoms with Gasteiger partial charge in [-0.15, -0.1) is 11.3 Å². The molecule has 0 aliphatic heterocycles. The highest BCUT2D eigenvalue weighted by molar-refractivity contribution is 7.18. The summed E-state index contributed by atoms with van der Waals surface area (Å²) in [6.45, 7) is 3.13. The summed E-state index contributed by atoms with van der Waals surface area (Å²) in [7, 11) is 1.40. The van der Waals surface area contributed by atoms with E-state index in [-0.39, 0.29) is 5.97 Å². The third kappa shape index (κ3) is 3.21. The first-order chi connectivity index (χ1) is 9.19. The number of unbranched alkanes of at least 4 members (excludes halogenated alkanes) is 2. The zero-order valence-corrected chi connectivity index (χ0v) is 12.4. The zero-order chi connectivity index (χ0) is 13.8. The van der Waals surface area contributed by atoms with Crippen molar-refractivity contribution in [2.24, 2.45) is 0 Å². The van der Waals surface area contributed by atoms with Crippen LogP contribution >= 0.6 is 11.3 Å². The fourth-order valence-corrected chi connectivity index (χ4v) is 3.34. The predicted octanol–water partition coefficient (Wildman–Crippen LogP) is 3.60. The normalized spacial score (nSPS) is 14.4. The molecule has 4 nitrogen and oxygen atoms in total. The van der Waals surface area contributed by atoms with Crippen LogP contribution in [0.15, 0.2) is 0 Å². The van der Waals surface area contributed by atoms with Crippen molar-refractivity contribution in [3.63, 3.8) is 0 Å². The maximum atomic E-state index is 11.7. The molecule has 1 heterocycles. The molecule has 106 valence electrons. The van der Waals surface area contributed by atoms with E-state index in [9.17, 15) is 4.79 Å². The molecule has 0 aromatic carbocycles. The van der Waals surface area contributed by atoms with E-state index in [1.165, 1.54) is 44.1 Å². The molecule has 1 saturated carbocycles. The second-order valence-electron chi connectivity index (χ2n) is 4.99. The number of carbonyl (C=O) groups excluding carboxylic acids is 1. The van der Waals surface area contributed by atoms with Gasteiger partial charge in [0, 0.05) is 12.1 Å². The molecule has 1 aliphatic carbocycles. The Bertz CT molecular complexity index is 453. The van der Waals surface area contributed by atoms with E-state index in [0.29, 0.717) is 16.5 Å². The van der Waals surface area contributed by atoms with Gasteiger partial charge in [0.05, 0.1) is 17.8 Å². The number of thiophene rings is 1. The lowest BCUT2D eigenvalue weighted by atomic mass is 10.1. The number of hydrogen-bond acceptors (Lipinski definition) is 5. The van der Waals surface area contributed by atoms with Crippen molar-refractivity contribution in [3.8, 4) is 0 Å². The second kappa shape index (κ2) is 6.28. The summed E-state index contributed by atoms with van der Waals surface area (Å²) < 4.78 is 4.79. The second-order valence-corrected chi connectivity index (χ2v) is 6.01. The topological polar surface area (TPSA) is 64.3 Å². The molecule has 5 heteroatoms. The summed E-state index contributed by atoms with van der Waals surface area (Å²) in [5.41, 5.74) is 7.88. The van der Waals surface area contributed by atoms with Gasteiger partial charge < -0.3 is 15.8 Å². The molecular formula is C14H22N2O2S. The van der Waals surface area contributed by atoms with Gasteiger partial charge >= 0.3 is 5.97 Å². The number of nitrogens with one attached hydrogen (secondary N) is 1. The highest BCUT2D eigenvalue weighted by Crippen LogP contribution is 2.50. The van der Waals surface area contributed by atoms with Crippen molar-refractivity contribution in [1.82, 2.24) is 0 Å². The molecule has 0 unspecified atom stereocenters. The number of carbonyl (C=O) groups is 1. The molecule has 3 N–H and O–H groups in total. The van der Waals surface area contributed by atoms with Gasteiger partial charge in [-0.1, -0.05) is 19.8 Å². The van der Waals surface area contributed by atoms with Crippen LogP contribution in [-0.4, -0.2) is 19.6 Å². The Kier molecular flexibility index (Phi) is 4.69. The zero-order valence-electron chi connectivity index (χ0n) is 11.6. The summed E-state index contributed by atoms with van der Waals surface area (Å²) in [6.07, 6.45) is 5.91. The number of esters is 1. The van der Waals surface area contributed by atoms with Gasteiger partial charge in [0.15, 0.2) is 0 Å². The largest absolute Gasteiger partial charge is 0.465 e. The number of rotatable bonds is 7. The molecule has 1 fully saturated rings. The Labute approximate surface area is 118 Å². The minimum absolute atomic E-state index is 0.328. The highest BCUT2D eigenvalue weighted by atomic mass is 32.1. The van der Waals surface area contributed by atoms with Crippen molar-refractivity contribution in [2.45, 2.75) is 44.9 Å². The van der Waals surface area contributed by atoms with Crippen LogP contribution < -0.4 is 11.1 Å². The molecule has 0 atom stereocenters.